The molecule has 0 bridgehead atoms. The molecule has 1 aromatic heterocycles. The van der Waals surface area contributed by atoms with E-state index in [4.69, 9.17) is 5.26 Å². The molecule has 1 spiro atoms. The largest absolute Gasteiger partial charge is 0.242 e. The summed E-state index contributed by atoms with van der Waals surface area (Å²) in [6.07, 6.45) is 5.61. The van der Waals surface area contributed by atoms with Crippen LogP contribution in [0.2, 0.25) is 0 Å². The lowest BCUT2D eigenvalue weighted by atomic mass is 9.68. The van der Waals surface area contributed by atoms with Gasteiger partial charge in [-0.15, -0.1) is 11.3 Å². The topological polar surface area (TPSA) is 27.0 Å². The van der Waals surface area contributed by atoms with Crippen molar-refractivity contribution in [1.82, 2.24) is 4.31 Å². The summed E-state index contributed by atoms with van der Waals surface area (Å²) in [6.45, 7) is 3.57. The van der Waals surface area contributed by atoms with Gasteiger partial charge in [0.25, 0.3) is 0 Å². The third-order valence-electron chi connectivity index (χ3n) is 4.02. The summed E-state index contributed by atoms with van der Waals surface area (Å²) in [7, 11) is 0. The van der Waals surface area contributed by atoms with Crippen LogP contribution in [0.5, 0.6) is 0 Å². The second-order valence-electron chi connectivity index (χ2n) is 5.30. The molecule has 0 radical (unpaired) electrons. The summed E-state index contributed by atoms with van der Waals surface area (Å²) >= 11 is 3.46. The molecule has 1 unspecified atom stereocenters. The van der Waals surface area contributed by atoms with E-state index in [9.17, 15) is 0 Å². The Kier molecular flexibility index (Phi) is 2.94. The van der Waals surface area contributed by atoms with Crippen LogP contribution in [-0.2, 0) is 0 Å². The third-order valence-corrected chi connectivity index (χ3v) is 6.32. The maximum atomic E-state index is 8.83. The first-order chi connectivity index (χ1) is 8.21. The molecule has 2 nitrogen and oxygen atoms in total. The van der Waals surface area contributed by atoms with Crippen LogP contribution in [0, 0.1) is 16.7 Å². The van der Waals surface area contributed by atoms with Crippen molar-refractivity contribution in [2.24, 2.45) is 5.41 Å². The van der Waals surface area contributed by atoms with Gasteiger partial charge in [-0.1, -0.05) is 6.42 Å². The highest BCUT2D eigenvalue weighted by Gasteiger charge is 2.46. The molecule has 0 N–H and O–H groups in total. The number of thiophene rings is 1. The van der Waals surface area contributed by atoms with Crippen LogP contribution in [0.3, 0.4) is 0 Å². The molecule has 1 aliphatic heterocycles. The molecule has 4 heteroatoms. The van der Waals surface area contributed by atoms with Gasteiger partial charge >= 0.3 is 0 Å². The SMILES string of the molecule is CC1CC2(CCC2)CN1Sc1ccc(C#N)s1. The van der Waals surface area contributed by atoms with Gasteiger partial charge < -0.3 is 0 Å². The fourth-order valence-corrected chi connectivity index (χ4v) is 5.18. The summed E-state index contributed by atoms with van der Waals surface area (Å²) in [5, 5.41) is 8.83. The highest BCUT2D eigenvalue weighted by atomic mass is 32.2. The smallest absolute Gasteiger partial charge is 0.110 e. The van der Waals surface area contributed by atoms with Gasteiger partial charge in [0, 0.05) is 12.6 Å². The zero-order valence-corrected chi connectivity index (χ0v) is 11.6. The average Bonchev–Trinajstić information content (AvgIpc) is 2.84. The maximum absolute atomic E-state index is 8.83. The van der Waals surface area contributed by atoms with Crippen LogP contribution in [-0.4, -0.2) is 16.9 Å². The van der Waals surface area contributed by atoms with Gasteiger partial charge in [0.05, 0.1) is 4.21 Å². The minimum absolute atomic E-state index is 0.641. The number of hydrogen-bond donors (Lipinski definition) is 0. The van der Waals surface area contributed by atoms with Crippen molar-refractivity contribution in [3.05, 3.63) is 17.0 Å². The van der Waals surface area contributed by atoms with E-state index in [1.165, 1.54) is 36.4 Å². The van der Waals surface area contributed by atoms with E-state index in [-0.39, 0.29) is 0 Å². The van der Waals surface area contributed by atoms with Crippen LogP contribution in [0.1, 0.15) is 37.5 Å². The number of nitrogens with zero attached hydrogens (tertiary/aromatic N) is 2. The first-order valence-electron chi connectivity index (χ1n) is 6.15. The lowest BCUT2D eigenvalue weighted by Gasteiger charge is -2.38. The molecule has 17 heavy (non-hydrogen) atoms. The Labute approximate surface area is 111 Å². The highest BCUT2D eigenvalue weighted by Crippen LogP contribution is 2.52. The van der Waals surface area contributed by atoms with Crippen molar-refractivity contribution in [3.63, 3.8) is 0 Å². The molecule has 0 aromatic carbocycles. The van der Waals surface area contributed by atoms with Crippen LogP contribution < -0.4 is 0 Å². The van der Waals surface area contributed by atoms with Crippen LogP contribution in [0.15, 0.2) is 16.3 Å². The van der Waals surface area contributed by atoms with E-state index >= 15 is 0 Å². The second-order valence-corrected chi connectivity index (χ2v) is 7.74. The second kappa shape index (κ2) is 4.31. The van der Waals surface area contributed by atoms with Gasteiger partial charge in [0.1, 0.15) is 10.9 Å². The Morgan fingerprint density at radius 1 is 1.53 bits per heavy atom. The Bertz CT molecular complexity index is 456. The number of nitriles is 1. The van der Waals surface area contributed by atoms with Crippen molar-refractivity contribution in [2.75, 3.05) is 6.54 Å². The van der Waals surface area contributed by atoms with Crippen molar-refractivity contribution in [1.29, 1.82) is 5.26 Å². The van der Waals surface area contributed by atoms with Crippen LogP contribution in [0.4, 0.5) is 0 Å². The van der Waals surface area contributed by atoms with Crippen LogP contribution in [0.25, 0.3) is 0 Å². The van der Waals surface area contributed by atoms with Crippen molar-refractivity contribution in [3.8, 4) is 6.07 Å². The molecule has 1 atom stereocenters. The molecular weight excluding hydrogens is 248 g/mol. The monoisotopic (exact) mass is 264 g/mol. The summed E-state index contributed by atoms with van der Waals surface area (Å²) in [4.78, 5) is 0.817. The van der Waals surface area contributed by atoms with E-state index in [0.717, 1.165) is 4.88 Å². The van der Waals surface area contributed by atoms with Crippen molar-refractivity contribution < 1.29 is 0 Å². The minimum atomic E-state index is 0.641. The number of rotatable bonds is 2. The molecule has 1 aliphatic carbocycles. The van der Waals surface area contributed by atoms with Gasteiger partial charge in [-0.2, -0.15) is 5.26 Å². The summed E-state index contributed by atoms with van der Waals surface area (Å²) in [6, 6.07) is 6.88. The molecule has 2 heterocycles. The number of hydrogen-bond acceptors (Lipinski definition) is 4. The van der Waals surface area contributed by atoms with Crippen molar-refractivity contribution in [2.45, 2.75) is 42.9 Å². The van der Waals surface area contributed by atoms with Gasteiger partial charge in [-0.25, -0.2) is 4.31 Å². The van der Waals surface area contributed by atoms with Gasteiger partial charge in [-0.3, -0.25) is 0 Å². The average molecular weight is 264 g/mol. The molecule has 1 saturated carbocycles. The fourth-order valence-electron chi connectivity index (χ4n) is 2.99. The molecule has 0 amide bonds. The van der Waals surface area contributed by atoms with E-state index in [1.54, 1.807) is 11.3 Å². The van der Waals surface area contributed by atoms with Crippen molar-refractivity contribution >= 4 is 23.3 Å². The molecule has 3 rings (SSSR count). The zero-order valence-electron chi connectivity index (χ0n) is 9.98. The first kappa shape index (κ1) is 11.6. The minimum Gasteiger partial charge on any atom is -0.242 e. The Morgan fingerprint density at radius 3 is 2.88 bits per heavy atom. The van der Waals surface area contributed by atoms with Gasteiger partial charge in [0.15, 0.2) is 0 Å². The van der Waals surface area contributed by atoms with Gasteiger partial charge in [0.2, 0.25) is 0 Å². The van der Waals surface area contributed by atoms with Crippen LogP contribution >= 0.6 is 23.3 Å². The third kappa shape index (κ3) is 2.12. The molecule has 2 aliphatic rings. The summed E-state index contributed by atoms with van der Waals surface area (Å²) in [5.41, 5.74) is 0.641. The zero-order chi connectivity index (χ0) is 11.9. The lowest BCUT2D eigenvalue weighted by Crippen LogP contribution is -2.31. The lowest BCUT2D eigenvalue weighted by molar-refractivity contribution is 0.154. The Balaban J connectivity index is 1.67. The molecular formula is C13H16N2S2. The quantitative estimate of drug-likeness (QED) is 0.758. The first-order valence-corrected chi connectivity index (χ1v) is 7.74. The highest BCUT2D eigenvalue weighted by molar-refractivity contribution is 7.99. The van der Waals surface area contributed by atoms with E-state index in [1.807, 2.05) is 18.0 Å². The van der Waals surface area contributed by atoms with Gasteiger partial charge in [-0.05, 0) is 55.7 Å². The molecule has 1 aromatic rings. The van der Waals surface area contributed by atoms with E-state index < -0.39 is 0 Å². The van der Waals surface area contributed by atoms with E-state index in [2.05, 4.69) is 23.4 Å². The Morgan fingerprint density at radius 2 is 2.35 bits per heavy atom. The summed E-state index contributed by atoms with van der Waals surface area (Å²) < 4.78 is 3.77. The summed E-state index contributed by atoms with van der Waals surface area (Å²) in [5.74, 6) is 0. The molecule has 2 fully saturated rings. The van der Waals surface area contributed by atoms with E-state index in [0.29, 0.717) is 11.5 Å². The predicted octanol–water partition coefficient (Wildman–Crippen LogP) is 3.89. The predicted molar refractivity (Wildman–Crippen MR) is 72.0 cm³/mol. The maximum Gasteiger partial charge on any atom is 0.110 e. The molecule has 1 saturated heterocycles. The molecule has 90 valence electrons. The fraction of sp³-hybridized carbons (Fsp3) is 0.615. The normalized spacial score (nSPS) is 26.9. The standard InChI is InChI=1S/C13H16N2S2/c1-10-7-13(5-2-6-13)9-15(10)17-12-4-3-11(8-14)16-12/h3-4,10H,2,5-7,9H2,1H3. The Hall–Kier alpha value is -0.500.